The highest BCUT2D eigenvalue weighted by Gasteiger charge is 2.23. The standard InChI is InChI=1S/C18H31N5O3/c1-4-20-18(21-11-14-5-6-16(26-14)17(19)24)22-12-15(13(2)3)23-7-9-25-10-8-23/h5-6,13,15H,4,7-12H2,1-3H3,(H2,19,24)(H2,20,21,22). The van der Waals surface area contributed by atoms with Gasteiger partial charge >= 0.3 is 0 Å². The van der Waals surface area contributed by atoms with Crippen LogP contribution in [-0.2, 0) is 11.3 Å². The summed E-state index contributed by atoms with van der Waals surface area (Å²) >= 11 is 0. The molecule has 1 atom stereocenters. The molecule has 2 rings (SSSR count). The van der Waals surface area contributed by atoms with Crippen LogP contribution in [0, 0.1) is 5.92 Å². The smallest absolute Gasteiger partial charge is 0.284 e. The monoisotopic (exact) mass is 365 g/mol. The van der Waals surface area contributed by atoms with Crippen LogP contribution < -0.4 is 16.4 Å². The van der Waals surface area contributed by atoms with Crippen molar-refractivity contribution in [1.29, 1.82) is 0 Å². The number of aliphatic imine (C=N–C) groups is 1. The largest absolute Gasteiger partial charge is 0.454 e. The van der Waals surface area contributed by atoms with Crippen LogP contribution in [0.15, 0.2) is 21.5 Å². The van der Waals surface area contributed by atoms with Gasteiger partial charge in [0.2, 0.25) is 0 Å². The summed E-state index contributed by atoms with van der Waals surface area (Å²) in [5.74, 6) is 1.43. The molecule has 146 valence electrons. The summed E-state index contributed by atoms with van der Waals surface area (Å²) < 4.78 is 10.8. The lowest BCUT2D eigenvalue weighted by molar-refractivity contribution is 0.00752. The summed E-state index contributed by atoms with van der Waals surface area (Å²) in [5, 5.41) is 6.66. The first-order chi connectivity index (χ1) is 12.5. The van der Waals surface area contributed by atoms with Crippen LogP contribution in [0.5, 0.6) is 0 Å². The zero-order valence-corrected chi connectivity index (χ0v) is 16.0. The van der Waals surface area contributed by atoms with Gasteiger partial charge in [-0.3, -0.25) is 9.69 Å². The lowest BCUT2D eigenvalue weighted by Crippen LogP contribution is -2.52. The van der Waals surface area contributed by atoms with E-state index in [4.69, 9.17) is 14.9 Å². The van der Waals surface area contributed by atoms with Crippen LogP contribution in [0.4, 0.5) is 0 Å². The van der Waals surface area contributed by atoms with Crippen molar-refractivity contribution in [3.8, 4) is 0 Å². The number of nitrogens with one attached hydrogen (secondary N) is 2. The van der Waals surface area contributed by atoms with Gasteiger partial charge in [-0.05, 0) is 25.0 Å². The van der Waals surface area contributed by atoms with E-state index in [0.717, 1.165) is 45.4 Å². The van der Waals surface area contributed by atoms with E-state index in [-0.39, 0.29) is 5.76 Å². The second kappa shape index (κ2) is 10.2. The minimum Gasteiger partial charge on any atom is -0.454 e. The molecule has 0 radical (unpaired) electrons. The molecule has 1 fully saturated rings. The maximum Gasteiger partial charge on any atom is 0.284 e. The number of amides is 1. The van der Waals surface area contributed by atoms with Gasteiger partial charge in [-0.25, -0.2) is 4.99 Å². The van der Waals surface area contributed by atoms with Gasteiger partial charge in [0.05, 0.1) is 13.2 Å². The normalized spacial score (nSPS) is 17.3. The van der Waals surface area contributed by atoms with Crippen molar-refractivity contribution in [2.45, 2.75) is 33.4 Å². The first kappa shape index (κ1) is 20.3. The number of guanidine groups is 1. The molecule has 0 spiro atoms. The minimum atomic E-state index is -0.574. The van der Waals surface area contributed by atoms with Crippen LogP contribution in [0.1, 0.15) is 37.1 Å². The van der Waals surface area contributed by atoms with Gasteiger partial charge in [0.25, 0.3) is 5.91 Å². The van der Waals surface area contributed by atoms with Gasteiger partial charge in [-0.2, -0.15) is 0 Å². The molecule has 0 bridgehead atoms. The highest BCUT2D eigenvalue weighted by atomic mass is 16.5. The molecule has 1 aliphatic rings. The first-order valence-corrected chi connectivity index (χ1v) is 9.23. The van der Waals surface area contributed by atoms with E-state index in [2.05, 4.69) is 34.4 Å². The number of carbonyl (C=O) groups excluding carboxylic acids is 1. The van der Waals surface area contributed by atoms with Crippen molar-refractivity contribution in [2.75, 3.05) is 39.4 Å². The number of nitrogens with zero attached hydrogens (tertiary/aromatic N) is 2. The molecule has 1 saturated heterocycles. The number of rotatable bonds is 8. The van der Waals surface area contributed by atoms with Crippen molar-refractivity contribution >= 4 is 11.9 Å². The molecule has 0 saturated carbocycles. The molecule has 26 heavy (non-hydrogen) atoms. The van der Waals surface area contributed by atoms with Gasteiger partial charge in [0.1, 0.15) is 12.3 Å². The summed E-state index contributed by atoms with van der Waals surface area (Å²) in [5.41, 5.74) is 5.20. The Morgan fingerprint density at radius 2 is 2.04 bits per heavy atom. The average Bonchev–Trinajstić information content (AvgIpc) is 3.10. The van der Waals surface area contributed by atoms with Gasteiger partial charge in [-0.1, -0.05) is 13.8 Å². The fourth-order valence-electron chi connectivity index (χ4n) is 2.99. The third-order valence-corrected chi connectivity index (χ3v) is 4.40. The molecule has 1 aromatic rings. The predicted octanol–water partition coefficient (Wildman–Crippen LogP) is 0.790. The molecule has 1 aliphatic heterocycles. The Labute approximate surface area is 155 Å². The topological polar surface area (TPSA) is 105 Å². The van der Waals surface area contributed by atoms with Crippen molar-refractivity contribution in [1.82, 2.24) is 15.5 Å². The number of carbonyl (C=O) groups is 1. The lowest BCUT2D eigenvalue weighted by atomic mass is 10.0. The fourth-order valence-corrected chi connectivity index (χ4v) is 2.99. The molecular weight excluding hydrogens is 334 g/mol. The summed E-state index contributed by atoms with van der Waals surface area (Å²) in [6.07, 6.45) is 0. The van der Waals surface area contributed by atoms with Crippen molar-refractivity contribution in [3.05, 3.63) is 23.7 Å². The quantitative estimate of drug-likeness (QED) is 0.465. The lowest BCUT2D eigenvalue weighted by Gasteiger charge is -2.37. The highest BCUT2D eigenvalue weighted by Crippen LogP contribution is 2.12. The number of hydrogen-bond donors (Lipinski definition) is 3. The first-order valence-electron chi connectivity index (χ1n) is 9.23. The van der Waals surface area contributed by atoms with Crippen LogP contribution >= 0.6 is 0 Å². The molecule has 4 N–H and O–H groups in total. The summed E-state index contributed by atoms with van der Waals surface area (Å²) in [6, 6.07) is 3.70. The van der Waals surface area contributed by atoms with E-state index in [0.29, 0.717) is 24.3 Å². The molecule has 1 amide bonds. The highest BCUT2D eigenvalue weighted by molar-refractivity contribution is 5.89. The minimum absolute atomic E-state index is 0.153. The van der Waals surface area contributed by atoms with Crippen LogP contribution in [0.25, 0.3) is 0 Å². The Bertz CT molecular complexity index is 593. The summed E-state index contributed by atoms with van der Waals surface area (Å²) in [7, 11) is 0. The van der Waals surface area contributed by atoms with Gasteiger partial charge in [-0.15, -0.1) is 0 Å². The second-order valence-electron chi connectivity index (χ2n) is 6.67. The Hall–Kier alpha value is -2.06. The second-order valence-corrected chi connectivity index (χ2v) is 6.67. The number of furan rings is 1. The SMILES string of the molecule is CCNC(=NCc1ccc(C(N)=O)o1)NCC(C(C)C)N1CCOCC1. The van der Waals surface area contributed by atoms with Crippen LogP contribution in [-0.4, -0.2) is 62.2 Å². The van der Waals surface area contributed by atoms with Crippen molar-refractivity contribution < 1.29 is 13.9 Å². The van der Waals surface area contributed by atoms with Crippen molar-refractivity contribution in [3.63, 3.8) is 0 Å². The number of ether oxygens (including phenoxy) is 1. The summed E-state index contributed by atoms with van der Waals surface area (Å²) in [6.45, 7) is 11.9. The molecule has 1 unspecified atom stereocenters. The Kier molecular flexibility index (Phi) is 7.93. The molecule has 2 heterocycles. The number of nitrogens with two attached hydrogens (primary N) is 1. The molecule has 8 heteroatoms. The van der Waals surface area contributed by atoms with E-state index >= 15 is 0 Å². The van der Waals surface area contributed by atoms with E-state index in [1.807, 2.05) is 6.92 Å². The van der Waals surface area contributed by atoms with Gasteiger partial charge in [0, 0.05) is 32.2 Å². The number of primary amides is 1. The van der Waals surface area contributed by atoms with Gasteiger partial charge in [0.15, 0.2) is 11.7 Å². The van der Waals surface area contributed by atoms with Gasteiger partial charge < -0.3 is 25.5 Å². The number of hydrogen-bond acceptors (Lipinski definition) is 5. The third-order valence-electron chi connectivity index (χ3n) is 4.40. The Balaban J connectivity index is 1.95. The summed E-state index contributed by atoms with van der Waals surface area (Å²) in [4.78, 5) is 18.1. The van der Waals surface area contributed by atoms with E-state index < -0.39 is 5.91 Å². The average molecular weight is 365 g/mol. The van der Waals surface area contributed by atoms with E-state index in [1.165, 1.54) is 0 Å². The fraction of sp³-hybridized carbons (Fsp3) is 0.667. The van der Waals surface area contributed by atoms with E-state index in [9.17, 15) is 4.79 Å². The predicted molar refractivity (Wildman–Crippen MR) is 101 cm³/mol. The zero-order chi connectivity index (χ0) is 18.9. The maximum absolute atomic E-state index is 11.1. The van der Waals surface area contributed by atoms with Crippen LogP contribution in [0.2, 0.25) is 0 Å². The molecule has 0 aliphatic carbocycles. The van der Waals surface area contributed by atoms with Crippen molar-refractivity contribution in [2.24, 2.45) is 16.6 Å². The third kappa shape index (κ3) is 6.03. The molecular formula is C18H31N5O3. The van der Waals surface area contributed by atoms with Crippen LogP contribution in [0.3, 0.4) is 0 Å². The van der Waals surface area contributed by atoms with E-state index in [1.54, 1.807) is 12.1 Å². The molecule has 1 aromatic heterocycles. The Morgan fingerprint density at radius 1 is 1.31 bits per heavy atom. The molecule has 0 aromatic carbocycles. The maximum atomic E-state index is 11.1. The number of morpholine rings is 1. The molecule has 8 nitrogen and oxygen atoms in total. The zero-order valence-electron chi connectivity index (χ0n) is 16.0. The Morgan fingerprint density at radius 3 is 2.62 bits per heavy atom.